The molecule has 5 rings (SSSR count). The zero-order valence-electron chi connectivity index (χ0n) is 16.5. The first-order valence-electron chi connectivity index (χ1n) is 10.7. The number of carbonyl (C=O) groups is 1. The van der Waals surface area contributed by atoms with E-state index in [1.807, 2.05) is 12.1 Å². The average molecular weight is 366 g/mol. The lowest BCUT2D eigenvalue weighted by molar-refractivity contribution is -0.122. The highest BCUT2D eigenvalue weighted by Gasteiger charge is 2.59. The second kappa shape index (κ2) is 6.12. The number of hydrogen-bond donors (Lipinski definition) is 1. The van der Waals surface area contributed by atoms with Crippen molar-refractivity contribution in [3.05, 3.63) is 42.4 Å². The molecule has 3 aliphatic carbocycles. The second-order valence-electron chi connectivity index (χ2n) is 9.82. The number of furan rings is 1. The lowest BCUT2D eigenvalue weighted by Gasteiger charge is -2.58. The van der Waals surface area contributed by atoms with Gasteiger partial charge in [0.15, 0.2) is 0 Å². The molecule has 0 saturated heterocycles. The van der Waals surface area contributed by atoms with Crippen LogP contribution in [0.3, 0.4) is 0 Å². The van der Waals surface area contributed by atoms with Crippen molar-refractivity contribution in [2.45, 2.75) is 58.4 Å². The highest BCUT2D eigenvalue weighted by Crippen LogP contribution is 2.65. The largest absolute Gasteiger partial charge is 0.465 e. The van der Waals surface area contributed by atoms with Crippen molar-refractivity contribution in [3.8, 4) is 0 Å². The topological polar surface area (TPSA) is 42.2 Å². The van der Waals surface area contributed by atoms with Crippen molar-refractivity contribution in [2.75, 3.05) is 0 Å². The summed E-state index contributed by atoms with van der Waals surface area (Å²) in [5.41, 5.74) is 0.551. The molecule has 1 amide bonds. The zero-order valence-corrected chi connectivity index (χ0v) is 16.5. The number of allylic oxidation sites excluding steroid dienone is 1. The number of nitrogens with one attached hydrogen (secondary N) is 1. The van der Waals surface area contributed by atoms with Crippen LogP contribution in [-0.4, -0.2) is 11.9 Å². The van der Waals surface area contributed by atoms with E-state index in [2.05, 4.69) is 37.4 Å². The Labute approximate surface area is 162 Å². The quantitative estimate of drug-likeness (QED) is 0.782. The molecule has 0 radical (unpaired) electrons. The minimum atomic E-state index is 0.0977. The maximum absolute atomic E-state index is 11.9. The summed E-state index contributed by atoms with van der Waals surface area (Å²) in [6, 6.07) is 4.32. The summed E-state index contributed by atoms with van der Waals surface area (Å²) in [7, 11) is 0. The summed E-state index contributed by atoms with van der Waals surface area (Å²) in [5, 5.41) is 3.26. The summed E-state index contributed by atoms with van der Waals surface area (Å²) in [6.45, 7) is 4.95. The fraction of sp³-hybridized carbons (Fsp3) is 0.625. The molecule has 3 nitrogen and oxygen atoms in total. The molecule has 0 bridgehead atoms. The van der Waals surface area contributed by atoms with Gasteiger partial charge in [-0.25, -0.2) is 0 Å². The monoisotopic (exact) mass is 365 g/mol. The first-order chi connectivity index (χ1) is 13.0. The van der Waals surface area contributed by atoms with Gasteiger partial charge in [0.2, 0.25) is 5.91 Å². The van der Waals surface area contributed by atoms with Crippen LogP contribution in [0.15, 0.2) is 41.0 Å². The van der Waals surface area contributed by atoms with E-state index in [-0.39, 0.29) is 11.3 Å². The lowest BCUT2D eigenvalue weighted by atomic mass is 9.48. The molecule has 7 atom stereocenters. The van der Waals surface area contributed by atoms with E-state index >= 15 is 0 Å². The Morgan fingerprint density at radius 3 is 2.85 bits per heavy atom. The van der Waals surface area contributed by atoms with Crippen LogP contribution in [0.25, 0.3) is 6.08 Å². The Morgan fingerprint density at radius 1 is 1.15 bits per heavy atom. The van der Waals surface area contributed by atoms with Gasteiger partial charge < -0.3 is 9.73 Å². The van der Waals surface area contributed by atoms with Gasteiger partial charge >= 0.3 is 0 Å². The summed E-state index contributed by atoms with van der Waals surface area (Å²) in [5.74, 6) is 4.03. The van der Waals surface area contributed by atoms with Crippen molar-refractivity contribution >= 4 is 12.0 Å². The molecule has 1 aliphatic heterocycles. The van der Waals surface area contributed by atoms with Crippen LogP contribution >= 0.6 is 0 Å². The molecule has 27 heavy (non-hydrogen) atoms. The normalized spacial score (nSPS) is 46.0. The SMILES string of the molecule is C[C@]12C=CC(=O)N[C@@H]1CC[C@@H]1[C@@H]2CC[C@]2(C)[C@@H](/C=C\c3ccco3)CC[C@@H]12. The van der Waals surface area contributed by atoms with Crippen molar-refractivity contribution in [1.82, 2.24) is 5.32 Å². The molecule has 3 heteroatoms. The fourth-order valence-electron chi connectivity index (χ4n) is 7.29. The highest BCUT2D eigenvalue weighted by atomic mass is 16.3. The van der Waals surface area contributed by atoms with Gasteiger partial charge in [-0.15, -0.1) is 0 Å². The molecule has 0 spiro atoms. The predicted octanol–water partition coefficient (Wildman–Crippen LogP) is 5.21. The van der Waals surface area contributed by atoms with E-state index in [0.717, 1.165) is 24.0 Å². The van der Waals surface area contributed by atoms with Crippen molar-refractivity contribution in [3.63, 3.8) is 0 Å². The number of rotatable bonds is 2. The summed E-state index contributed by atoms with van der Waals surface area (Å²) in [6.07, 6.45) is 18.0. The molecule has 1 aromatic heterocycles. The van der Waals surface area contributed by atoms with Crippen LogP contribution in [0.2, 0.25) is 0 Å². The van der Waals surface area contributed by atoms with E-state index < -0.39 is 0 Å². The van der Waals surface area contributed by atoms with Gasteiger partial charge in [-0.2, -0.15) is 0 Å². The Morgan fingerprint density at radius 2 is 2.04 bits per heavy atom. The average Bonchev–Trinajstić information content (AvgIpc) is 3.28. The molecule has 0 unspecified atom stereocenters. The smallest absolute Gasteiger partial charge is 0.243 e. The molecular formula is C24H31NO2. The van der Waals surface area contributed by atoms with E-state index in [9.17, 15) is 4.79 Å². The van der Waals surface area contributed by atoms with Crippen molar-refractivity contribution < 1.29 is 9.21 Å². The number of fused-ring (bicyclic) bond motifs is 5. The Kier molecular flexibility index (Phi) is 3.93. The Balaban J connectivity index is 1.40. The van der Waals surface area contributed by atoms with Gasteiger partial charge in [0.05, 0.1) is 6.26 Å². The van der Waals surface area contributed by atoms with Gasteiger partial charge in [-0.1, -0.05) is 26.0 Å². The number of carbonyl (C=O) groups excluding carboxylic acids is 1. The maximum atomic E-state index is 11.9. The predicted molar refractivity (Wildman–Crippen MR) is 107 cm³/mol. The van der Waals surface area contributed by atoms with Gasteiger partial charge in [0, 0.05) is 11.5 Å². The van der Waals surface area contributed by atoms with Crippen molar-refractivity contribution in [2.24, 2.45) is 34.5 Å². The molecular weight excluding hydrogens is 334 g/mol. The minimum absolute atomic E-state index is 0.0977. The number of amides is 1. The van der Waals surface area contributed by atoms with E-state index in [0.29, 0.717) is 23.3 Å². The molecule has 1 N–H and O–H groups in total. The molecule has 3 saturated carbocycles. The van der Waals surface area contributed by atoms with Gasteiger partial charge in [-0.05, 0) is 91.9 Å². The van der Waals surface area contributed by atoms with Crippen LogP contribution in [-0.2, 0) is 4.79 Å². The summed E-state index contributed by atoms with van der Waals surface area (Å²) < 4.78 is 5.50. The minimum Gasteiger partial charge on any atom is -0.465 e. The molecule has 0 aromatic carbocycles. The maximum Gasteiger partial charge on any atom is 0.243 e. The Hall–Kier alpha value is -1.77. The third kappa shape index (κ3) is 2.57. The lowest BCUT2D eigenvalue weighted by Crippen LogP contribution is -2.59. The van der Waals surface area contributed by atoms with Crippen LogP contribution < -0.4 is 5.32 Å². The zero-order chi connectivity index (χ0) is 18.6. The second-order valence-corrected chi connectivity index (χ2v) is 9.82. The van der Waals surface area contributed by atoms with E-state index in [1.54, 1.807) is 12.3 Å². The van der Waals surface area contributed by atoms with Gasteiger partial charge in [0.25, 0.3) is 0 Å². The van der Waals surface area contributed by atoms with Crippen LogP contribution in [0.5, 0.6) is 0 Å². The third-order valence-electron chi connectivity index (χ3n) is 8.80. The van der Waals surface area contributed by atoms with Crippen LogP contribution in [0.4, 0.5) is 0 Å². The standard InChI is InChI=1S/C24H31NO2/c1-23-13-11-20-18(8-10-21-24(20,2)14-12-22(26)25-21)19(23)9-6-16(23)5-7-17-4-3-15-27-17/h3-5,7,12,14-16,18-21H,6,8-11,13H2,1-2H3,(H,25,26)/b7-5-/t16-,18-,19-,20-,21+,23+,24+/m0/s1. The highest BCUT2D eigenvalue weighted by molar-refractivity contribution is 5.89. The van der Waals surface area contributed by atoms with Gasteiger partial charge in [-0.3, -0.25) is 4.79 Å². The molecule has 144 valence electrons. The van der Waals surface area contributed by atoms with Crippen molar-refractivity contribution in [1.29, 1.82) is 0 Å². The molecule has 1 aromatic rings. The van der Waals surface area contributed by atoms with Gasteiger partial charge in [0.1, 0.15) is 5.76 Å². The fourth-order valence-corrected chi connectivity index (χ4v) is 7.29. The van der Waals surface area contributed by atoms with E-state index in [1.165, 1.54) is 32.1 Å². The molecule has 3 fully saturated rings. The first-order valence-corrected chi connectivity index (χ1v) is 10.7. The van der Waals surface area contributed by atoms with E-state index in [4.69, 9.17) is 4.42 Å². The van der Waals surface area contributed by atoms with Crippen LogP contribution in [0.1, 0.15) is 58.1 Å². The first kappa shape index (κ1) is 17.3. The summed E-state index contributed by atoms with van der Waals surface area (Å²) >= 11 is 0. The number of hydrogen-bond acceptors (Lipinski definition) is 2. The van der Waals surface area contributed by atoms with Crippen LogP contribution in [0, 0.1) is 34.5 Å². The molecule has 2 heterocycles. The Bertz CT molecular complexity index is 778. The summed E-state index contributed by atoms with van der Waals surface area (Å²) in [4.78, 5) is 11.9. The molecule has 4 aliphatic rings. The third-order valence-corrected chi connectivity index (χ3v) is 8.80.